The van der Waals surface area contributed by atoms with Gasteiger partial charge in [0.25, 0.3) is 0 Å². The van der Waals surface area contributed by atoms with Crippen molar-refractivity contribution in [2.75, 3.05) is 5.32 Å². The molecule has 144 valence electrons. The highest BCUT2D eigenvalue weighted by atomic mass is 35.5. The fourth-order valence-electron chi connectivity index (χ4n) is 3.14. The Balaban J connectivity index is 1.85. The van der Waals surface area contributed by atoms with Crippen molar-refractivity contribution in [2.45, 2.75) is 32.9 Å². The SMILES string of the molecule is Cc1ccc(C)c(NC(=O)[C@H](N[C@@H](C)c2ccc(Cl)cc2)c2ccccc2)c1. The number of benzene rings is 3. The van der Waals surface area contributed by atoms with Gasteiger partial charge in [-0.15, -0.1) is 0 Å². The highest BCUT2D eigenvalue weighted by molar-refractivity contribution is 6.30. The average molecular weight is 393 g/mol. The predicted molar refractivity (Wildman–Crippen MR) is 117 cm³/mol. The summed E-state index contributed by atoms with van der Waals surface area (Å²) in [5, 5.41) is 7.26. The monoisotopic (exact) mass is 392 g/mol. The fraction of sp³-hybridized carbons (Fsp3) is 0.208. The number of aryl methyl sites for hydroxylation is 2. The van der Waals surface area contributed by atoms with Gasteiger partial charge in [-0.05, 0) is 61.2 Å². The molecule has 0 radical (unpaired) electrons. The smallest absolute Gasteiger partial charge is 0.246 e. The zero-order valence-corrected chi connectivity index (χ0v) is 17.1. The predicted octanol–water partition coefficient (Wildman–Crippen LogP) is 5.99. The van der Waals surface area contributed by atoms with Crippen molar-refractivity contribution in [3.05, 3.63) is 100 Å². The third-order valence-corrected chi connectivity index (χ3v) is 5.08. The number of halogens is 1. The van der Waals surface area contributed by atoms with Crippen molar-refractivity contribution in [1.29, 1.82) is 0 Å². The molecule has 0 bridgehead atoms. The molecular formula is C24H25ClN2O. The number of rotatable bonds is 6. The van der Waals surface area contributed by atoms with E-state index in [2.05, 4.69) is 10.6 Å². The summed E-state index contributed by atoms with van der Waals surface area (Å²) >= 11 is 6.00. The molecule has 0 fully saturated rings. The first-order valence-corrected chi connectivity index (χ1v) is 9.76. The lowest BCUT2D eigenvalue weighted by Gasteiger charge is -2.24. The van der Waals surface area contributed by atoms with E-state index in [0.29, 0.717) is 5.02 Å². The van der Waals surface area contributed by atoms with Gasteiger partial charge in [0.1, 0.15) is 6.04 Å². The van der Waals surface area contributed by atoms with Gasteiger partial charge in [0.2, 0.25) is 5.91 Å². The van der Waals surface area contributed by atoms with Crippen molar-refractivity contribution in [2.24, 2.45) is 0 Å². The second-order valence-electron chi connectivity index (χ2n) is 7.09. The molecule has 0 aliphatic rings. The topological polar surface area (TPSA) is 41.1 Å². The molecule has 3 rings (SSSR count). The standard InChI is InChI=1S/C24H25ClN2O/c1-16-9-10-17(2)22(15-16)27-24(28)23(20-7-5-4-6-8-20)26-18(3)19-11-13-21(25)14-12-19/h4-15,18,23,26H,1-3H3,(H,27,28)/t18-,23+/m0/s1. The molecule has 0 heterocycles. The lowest BCUT2D eigenvalue weighted by Crippen LogP contribution is -2.34. The molecule has 1 amide bonds. The molecular weight excluding hydrogens is 368 g/mol. The van der Waals surface area contributed by atoms with E-state index in [0.717, 1.165) is 27.9 Å². The third-order valence-electron chi connectivity index (χ3n) is 4.83. The van der Waals surface area contributed by atoms with Crippen molar-refractivity contribution in [1.82, 2.24) is 5.32 Å². The Kier molecular flexibility index (Phi) is 6.50. The summed E-state index contributed by atoms with van der Waals surface area (Å²) in [7, 11) is 0. The van der Waals surface area contributed by atoms with Crippen molar-refractivity contribution < 1.29 is 4.79 Å². The molecule has 0 aliphatic heterocycles. The van der Waals surface area contributed by atoms with Crippen molar-refractivity contribution in [3.63, 3.8) is 0 Å². The van der Waals surface area contributed by atoms with E-state index in [-0.39, 0.29) is 11.9 Å². The molecule has 0 aromatic heterocycles. The number of nitrogens with one attached hydrogen (secondary N) is 2. The Labute approximate surface area is 171 Å². The molecule has 0 saturated carbocycles. The molecule has 0 aliphatic carbocycles. The Morgan fingerprint density at radius 2 is 1.57 bits per heavy atom. The molecule has 2 atom stereocenters. The van der Waals surface area contributed by atoms with Gasteiger partial charge in [-0.2, -0.15) is 0 Å². The maximum Gasteiger partial charge on any atom is 0.246 e. The normalized spacial score (nSPS) is 13.0. The van der Waals surface area contributed by atoms with Crippen molar-refractivity contribution in [3.8, 4) is 0 Å². The largest absolute Gasteiger partial charge is 0.324 e. The molecule has 0 unspecified atom stereocenters. The second kappa shape index (κ2) is 9.05. The maximum absolute atomic E-state index is 13.2. The number of anilines is 1. The number of amides is 1. The highest BCUT2D eigenvalue weighted by Crippen LogP contribution is 2.24. The van der Waals surface area contributed by atoms with Crippen molar-refractivity contribution >= 4 is 23.2 Å². The van der Waals surface area contributed by atoms with Crippen LogP contribution in [-0.2, 0) is 4.79 Å². The van der Waals surface area contributed by atoms with Crippen LogP contribution in [0.25, 0.3) is 0 Å². The van der Waals surface area contributed by atoms with E-state index < -0.39 is 6.04 Å². The van der Waals surface area contributed by atoms with Gasteiger partial charge in [0.15, 0.2) is 0 Å². The summed E-state index contributed by atoms with van der Waals surface area (Å²) in [6.07, 6.45) is 0. The fourth-order valence-corrected chi connectivity index (χ4v) is 3.27. The quantitative estimate of drug-likeness (QED) is 0.541. The van der Waals surface area contributed by atoms with Crippen LogP contribution < -0.4 is 10.6 Å². The van der Waals surface area contributed by atoms with Crippen LogP contribution in [0, 0.1) is 13.8 Å². The van der Waals surface area contributed by atoms with Crippen LogP contribution in [0.2, 0.25) is 5.02 Å². The lowest BCUT2D eigenvalue weighted by molar-refractivity contribution is -0.118. The summed E-state index contributed by atoms with van der Waals surface area (Å²) in [6.45, 7) is 6.06. The number of carbonyl (C=O) groups excluding carboxylic acids is 1. The first kappa shape index (κ1) is 20.1. The summed E-state index contributed by atoms with van der Waals surface area (Å²) in [5.41, 5.74) is 4.99. The van der Waals surface area contributed by atoms with Crippen LogP contribution in [0.3, 0.4) is 0 Å². The zero-order chi connectivity index (χ0) is 20.1. The van der Waals surface area contributed by atoms with E-state index in [1.165, 1.54) is 0 Å². The molecule has 3 nitrogen and oxygen atoms in total. The maximum atomic E-state index is 13.2. The number of hydrogen-bond acceptors (Lipinski definition) is 2. The average Bonchev–Trinajstić information content (AvgIpc) is 2.70. The molecule has 4 heteroatoms. The van der Waals surface area contributed by atoms with Crippen LogP contribution >= 0.6 is 11.6 Å². The third kappa shape index (κ3) is 5.00. The minimum atomic E-state index is -0.480. The van der Waals surface area contributed by atoms with E-state index >= 15 is 0 Å². The van der Waals surface area contributed by atoms with E-state index in [1.807, 2.05) is 93.6 Å². The van der Waals surface area contributed by atoms with Gasteiger partial charge < -0.3 is 5.32 Å². The van der Waals surface area contributed by atoms with Crippen LogP contribution in [-0.4, -0.2) is 5.91 Å². The summed E-state index contributed by atoms with van der Waals surface area (Å²) < 4.78 is 0. The molecule has 3 aromatic rings. The van der Waals surface area contributed by atoms with Gasteiger partial charge in [-0.1, -0.05) is 66.2 Å². The molecule has 28 heavy (non-hydrogen) atoms. The zero-order valence-electron chi connectivity index (χ0n) is 16.4. The number of carbonyl (C=O) groups is 1. The van der Waals surface area contributed by atoms with Crippen LogP contribution in [0.1, 0.15) is 41.3 Å². The Morgan fingerprint density at radius 1 is 0.893 bits per heavy atom. The lowest BCUT2D eigenvalue weighted by atomic mass is 10.0. The Morgan fingerprint density at radius 3 is 2.25 bits per heavy atom. The second-order valence-corrected chi connectivity index (χ2v) is 7.53. The molecule has 3 aromatic carbocycles. The van der Waals surface area contributed by atoms with Crippen LogP contribution in [0.5, 0.6) is 0 Å². The first-order chi connectivity index (χ1) is 13.4. The van der Waals surface area contributed by atoms with Gasteiger partial charge >= 0.3 is 0 Å². The first-order valence-electron chi connectivity index (χ1n) is 9.38. The number of hydrogen-bond donors (Lipinski definition) is 2. The molecule has 0 spiro atoms. The van der Waals surface area contributed by atoms with Gasteiger partial charge in [0.05, 0.1) is 0 Å². The summed E-state index contributed by atoms with van der Waals surface area (Å²) in [5.74, 6) is -0.0827. The molecule has 0 saturated heterocycles. The highest BCUT2D eigenvalue weighted by Gasteiger charge is 2.23. The summed E-state index contributed by atoms with van der Waals surface area (Å²) in [6, 6.07) is 23.0. The van der Waals surface area contributed by atoms with Crippen LogP contribution in [0.15, 0.2) is 72.8 Å². The van der Waals surface area contributed by atoms with Crippen LogP contribution in [0.4, 0.5) is 5.69 Å². The van der Waals surface area contributed by atoms with E-state index in [1.54, 1.807) is 0 Å². The minimum absolute atomic E-state index is 0.0215. The van der Waals surface area contributed by atoms with E-state index in [9.17, 15) is 4.79 Å². The van der Waals surface area contributed by atoms with Gasteiger partial charge in [-0.3, -0.25) is 10.1 Å². The van der Waals surface area contributed by atoms with Gasteiger partial charge in [-0.25, -0.2) is 0 Å². The Bertz CT molecular complexity index is 939. The minimum Gasteiger partial charge on any atom is -0.324 e. The molecule has 2 N–H and O–H groups in total. The Hall–Kier alpha value is -2.62. The van der Waals surface area contributed by atoms with E-state index in [4.69, 9.17) is 11.6 Å². The van der Waals surface area contributed by atoms with Gasteiger partial charge in [0, 0.05) is 16.8 Å². The summed E-state index contributed by atoms with van der Waals surface area (Å²) in [4.78, 5) is 13.2.